The Balaban J connectivity index is 2.12. The van der Waals surface area contributed by atoms with Crippen molar-refractivity contribution in [2.75, 3.05) is 46.2 Å². The smallest absolute Gasteiger partial charge is 0.255 e. The van der Waals surface area contributed by atoms with Gasteiger partial charge in [0.15, 0.2) is 0 Å². The molecule has 2 rings (SSSR count). The van der Waals surface area contributed by atoms with E-state index in [2.05, 4.69) is 24.0 Å². The standard InChI is InChI=1S/C16H26N4O/c1-18(2)12-14-7-5-6-10-20(14)16(21)13-8-9-15(17-11-13)19(3)4/h8-9,11,14H,5-7,10,12H2,1-4H3/t14-/m1/s1. The van der Waals surface area contributed by atoms with E-state index in [4.69, 9.17) is 0 Å². The van der Waals surface area contributed by atoms with Crippen LogP contribution in [0.1, 0.15) is 29.6 Å². The van der Waals surface area contributed by atoms with Crippen LogP contribution in [0.25, 0.3) is 0 Å². The average molecular weight is 290 g/mol. The highest BCUT2D eigenvalue weighted by Crippen LogP contribution is 2.20. The summed E-state index contributed by atoms with van der Waals surface area (Å²) in [5, 5.41) is 0. The van der Waals surface area contributed by atoms with Crippen LogP contribution in [0.15, 0.2) is 18.3 Å². The molecule has 0 N–H and O–H groups in total. The molecule has 0 spiro atoms. The molecule has 2 heterocycles. The summed E-state index contributed by atoms with van der Waals surface area (Å²) in [5.74, 6) is 0.981. The predicted molar refractivity (Wildman–Crippen MR) is 85.8 cm³/mol. The number of hydrogen-bond donors (Lipinski definition) is 0. The number of rotatable bonds is 4. The number of carbonyl (C=O) groups excluding carboxylic acids is 1. The number of hydrogen-bond acceptors (Lipinski definition) is 4. The molecule has 1 atom stereocenters. The van der Waals surface area contributed by atoms with Gasteiger partial charge in [0.2, 0.25) is 0 Å². The highest BCUT2D eigenvalue weighted by Gasteiger charge is 2.27. The second kappa shape index (κ2) is 6.89. The van der Waals surface area contributed by atoms with Gasteiger partial charge in [-0.1, -0.05) is 0 Å². The van der Waals surface area contributed by atoms with Gasteiger partial charge in [0.25, 0.3) is 5.91 Å². The maximum atomic E-state index is 12.7. The molecule has 1 amide bonds. The molecule has 5 heteroatoms. The number of carbonyl (C=O) groups is 1. The summed E-state index contributed by atoms with van der Waals surface area (Å²) in [6.07, 6.45) is 5.09. The number of piperidine rings is 1. The fourth-order valence-corrected chi connectivity index (χ4v) is 2.82. The molecule has 1 aromatic heterocycles. The molecule has 1 aliphatic rings. The number of amides is 1. The van der Waals surface area contributed by atoms with Gasteiger partial charge in [-0.3, -0.25) is 4.79 Å². The van der Waals surface area contributed by atoms with Crippen molar-refractivity contribution < 1.29 is 4.79 Å². The molecule has 1 saturated heterocycles. The Morgan fingerprint density at radius 1 is 1.29 bits per heavy atom. The molecule has 0 bridgehead atoms. The summed E-state index contributed by atoms with van der Waals surface area (Å²) in [7, 11) is 8.01. The first-order valence-corrected chi connectivity index (χ1v) is 7.58. The number of anilines is 1. The van der Waals surface area contributed by atoms with E-state index in [0.29, 0.717) is 11.6 Å². The van der Waals surface area contributed by atoms with E-state index in [1.54, 1.807) is 6.20 Å². The van der Waals surface area contributed by atoms with Gasteiger partial charge in [-0.25, -0.2) is 4.98 Å². The third-order valence-corrected chi connectivity index (χ3v) is 3.92. The Kier molecular flexibility index (Phi) is 5.17. The van der Waals surface area contributed by atoms with E-state index in [9.17, 15) is 4.79 Å². The third kappa shape index (κ3) is 3.94. The van der Waals surface area contributed by atoms with Gasteiger partial charge in [0.05, 0.1) is 5.56 Å². The van der Waals surface area contributed by atoms with Crippen LogP contribution in [0.2, 0.25) is 0 Å². The molecule has 0 unspecified atom stereocenters. The Hall–Kier alpha value is -1.62. The maximum absolute atomic E-state index is 12.7. The number of likely N-dealkylation sites (tertiary alicyclic amines) is 1. The normalized spacial score (nSPS) is 18.9. The minimum Gasteiger partial charge on any atom is -0.363 e. The van der Waals surface area contributed by atoms with Crippen molar-refractivity contribution in [1.29, 1.82) is 0 Å². The minimum atomic E-state index is 0.111. The summed E-state index contributed by atoms with van der Waals surface area (Å²) in [6, 6.07) is 4.10. The third-order valence-electron chi connectivity index (χ3n) is 3.92. The summed E-state index contributed by atoms with van der Waals surface area (Å²) in [4.78, 5) is 23.2. The van der Waals surface area contributed by atoms with Gasteiger partial charge < -0.3 is 14.7 Å². The molecular weight excluding hydrogens is 264 g/mol. The quantitative estimate of drug-likeness (QED) is 0.846. The molecule has 5 nitrogen and oxygen atoms in total. The van der Waals surface area contributed by atoms with Crippen LogP contribution >= 0.6 is 0 Å². The number of nitrogens with zero attached hydrogens (tertiary/aromatic N) is 4. The van der Waals surface area contributed by atoms with Gasteiger partial charge in [0, 0.05) is 39.4 Å². The summed E-state index contributed by atoms with van der Waals surface area (Å²) in [6.45, 7) is 1.78. The SMILES string of the molecule is CN(C)C[C@H]1CCCCN1C(=O)c1ccc(N(C)C)nc1. The highest BCUT2D eigenvalue weighted by molar-refractivity contribution is 5.94. The van der Waals surface area contributed by atoms with Gasteiger partial charge in [-0.05, 0) is 45.5 Å². The fourth-order valence-electron chi connectivity index (χ4n) is 2.82. The van der Waals surface area contributed by atoms with E-state index in [1.807, 2.05) is 36.0 Å². The average Bonchev–Trinajstić information content (AvgIpc) is 2.46. The molecule has 1 aromatic rings. The Morgan fingerprint density at radius 2 is 2.05 bits per heavy atom. The lowest BCUT2D eigenvalue weighted by Crippen LogP contribution is -2.48. The first-order chi connectivity index (χ1) is 9.99. The van der Waals surface area contributed by atoms with Crippen LogP contribution in [-0.4, -0.2) is 68.0 Å². The predicted octanol–water partition coefficient (Wildman–Crippen LogP) is 1.70. The highest BCUT2D eigenvalue weighted by atomic mass is 16.2. The second-order valence-electron chi connectivity index (χ2n) is 6.21. The molecule has 0 saturated carbocycles. The molecule has 116 valence electrons. The zero-order valence-electron chi connectivity index (χ0n) is 13.5. The number of pyridine rings is 1. The lowest BCUT2D eigenvalue weighted by atomic mass is 10.0. The minimum absolute atomic E-state index is 0.111. The van der Waals surface area contributed by atoms with Crippen LogP contribution in [0, 0.1) is 0 Å². The molecule has 0 radical (unpaired) electrons. The Bertz CT molecular complexity index is 470. The first-order valence-electron chi connectivity index (χ1n) is 7.58. The largest absolute Gasteiger partial charge is 0.363 e. The van der Waals surface area contributed by atoms with Crippen molar-refractivity contribution in [1.82, 2.24) is 14.8 Å². The van der Waals surface area contributed by atoms with E-state index >= 15 is 0 Å². The van der Waals surface area contributed by atoms with Crippen molar-refractivity contribution in [3.63, 3.8) is 0 Å². The Labute approximate surface area is 127 Å². The van der Waals surface area contributed by atoms with E-state index in [-0.39, 0.29) is 5.91 Å². The zero-order valence-corrected chi connectivity index (χ0v) is 13.5. The molecule has 1 fully saturated rings. The van der Waals surface area contributed by atoms with E-state index < -0.39 is 0 Å². The second-order valence-corrected chi connectivity index (χ2v) is 6.21. The van der Waals surface area contributed by atoms with Gasteiger partial charge in [-0.2, -0.15) is 0 Å². The number of likely N-dealkylation sites (N-methyl/N-ethyl adjacent to an activating group) is 1. The van der Waals surface area contributed by atoms with Crippen LogP contribution < -0.4 is 4.90 Å². The van der Waals surface area contributed by atoms with Crippen molar-refractivity contribution in [3.05, 3.63) is 23.9 Å². The van der Waals surface area contributed by atoms with Crippen molar-refractivity contribution in [2.24, 2.45) is 0 Å². The summed E-state index contributed by atoms with van der Waals surface area (Å²) >= 11 is 0. The lowest BCUT2D eigenvalue weighted by molar-refractivity contribution is 0.0574. The van der Waals surface area contributed by atoms with Crippen LogP contribution in [0.5, 0.6) is 0 Å². The molecule has 21 heavy (non-hydrogen) atoms. The van der Waals surface area contributed by atoms with Crippen molar-refractivity contribution in [2.45, 2.75) is 25.3 Å². The topological polar surface area (TPSA) is 39.7 Å². The fraction of sp³-hybridized carbons (Fsp3) is 0.625. The maximum Gasteiger partial charge on any atom is 0.255 e. The molecule has 1 aliphatic heterocycles. The Morgan fingerprint density at radius 3 is 2.62 bits per heavy atom. The molecular formula is C16H26N4O. The van der Waals surface area contributed by atoms with Crippen molar-refractivity contribution >= 4 is 11.7 Å². The molecule has 0 aromatic carbocycles. The van der Waals surface area contributed by atoms with Crippen LogP contribution in [-0.2, 0) is 0 Å². The van der Waals surface area contributed by atoms with Crippen molar-refractivity contribution in [3.8, 4) is 0 Å². The van der Waals surface area contributed by atoms with E-state index in [1.165, 1.54) is 6.42 Å². The van der Waals surface area contributed by atoms with E-state index in [0.717, 1.165) is 31.7 Å². The summed E-state index contributed by atoms with van der Waals surface area (Å²) in [5.41, 5.74) is 0.686. The first kappa shape index (κ1) is 15.8. The van der Waals surface area contributed by atoms with Crippen LogP contribution in [0.4, 0.5) is 5.82 Å². The monoisotopic (exact) mass is 290 g/mol. The van der Waals surface area contributed by atoms with Gasteiger partial charge in [0.1, 0.15) is 5.82 Å². The van der Waals surface area contributed by atoms with Gasteiger partial charge in [-0.15, -0.1) is 0 Å². The number of aromatic nitrogens is 1. The van der Waals surface area contributed by atoms with Crippen LogP contribution in [0.3, 0.4) is 0 Å². The lowest BCUT2D eigenvalue weighted by Gasteiger charge is -2.37. The molecule has 0 aliphatic carbocycles. The zero-order chi connectivity index (χ0) is 15.4. The van der Waals surface area contributed by atoms with Gasteiger partial charge >= 0.3 is 0 Å². The summed E-state index contributed by atoms with van der Waals surface area (Å²) < 4.78 is 0.